The Balaban J connectivity index is 1.43. The minimum absolute atomic E-state index is 0.162. The molecule has 0 spiro atoms. The van der Waals surface area contributed by atoms with Crippen LogP contribution in [0.15, 0.2) is 42.6 Å². The molecule has 1 aromatic heterocycles. The summed E-state index contributed by atoms with van der Waals surface area (Å²) < 4.78 is 0. The summed E-state index contributed by atoms with van der Waals surface area (Å²) in [5, 5.41) is 11.7. The number of carbonyl (C=O) groups excluding carboxylic acids is 1. The van der Waals surface area contributed by atoms with Gasteiger partial charge >= 0.3 is 0 Å². The van der Waals surface area contributed by atoms with Crippen molar-refractivity contribution in [1.29, 1.82) is 5.26 Å². The first-order valence-corrected chi connectivity index (χ1v) is 7.90. The van der Waals surface area contributed by atoms with Gasteiger partial charge in [0.25, 0.3) is 5.91 Å². The number of likely N-dealkylation sites (tertiary alicyclic amines) is 1. The third kappa shape index (κ3) is 3.79. The first kappa shape index (κ1) is 15.3. The van der Waals surface area contributed by atoms with Crippen molar-refractivity contribution in [2.45, 2.75) is 12.3 Å². The number of H-pyrrole nitrogens is 1. The molecule has 2 aromatic rings. The highest BCUT2D eigenvalue weighted by Gasteiger charge is 2.23. The van der Waals surface area contributed by atoms with Crippen LogP contribution in [0.4, 0.5) is 0 Å². The van der Waals surface area contributed by atoms with Crippen molar-refractivity contribution in [2.75, 3.05) is 26.2 Å². The zero-order valence-corrected chi connectivity index (χ0v) is 13.0. The van der Waals surface area contributed by atoms with E-state index in [0.717, 1.165) is 19.6 Å². The highest BCUT2D eigenvalue weighted by molar-refractivity contribution is 5.92. The number of aromatic amines is 1. The molecule has 1 amide bonds. The molecule has 1 aromatic carbocycles. The number of hydrogen-bond acceptors (Lipinski definition) is 3. The SMILES string of the molecule is N#Cc1c[nH]c(C(=O)NCCN2CCC(c3ccccc3)C2)c1. The van der Waals surface area contributed by atoms with Gasteiger partial charge in [-0.15, -0.1) is 0 Å². The molecule has 1 fully saturated rings. The number of rotatable bonds is 5. The maximum Gasteiger partial charge on any atom is 0.267 e. The zero-order valence-electron chi connectivity index (χ0n) is 13.0. The fourth-order valence-electron chi connectivity index (χ4n) is 3.05. The van der Waals surface area contributed by atoms with Gasteiger partial charge < -0.3 is 15.2 Å². The summed E-state index contributed by atoms with van der Waals surface area (Å²) in [6, 6.07) is 14.2. The number of nitrogens with one attached hydrogen (secondary N) is 2. The number of amides is 1. The van der Waals surface area contributed by atoms with E-state index in [4.69, 9.17) is 5.26 Å². The molecule has 1 saturated heterocycles. The Morgan fingerprint density at radius 2 is 2.22 bits per heavy atom. The molecule has 5 nitrogen and oxygen atoms in total. The Morgan fingerprint density at radius 3 is 2.96 bits per heavy atom. The van der Waals surface area contributed by atoms with Crippen LogP contribution >= 0.6 is 0 Å². The predicted molar refractivity (Wildman–Crippen MR) is 88.1 cm³/mol. The van der Waals surface area contributed by atoms with Crippen LogP contribution in [0.2, 0.25) is 0 Å². The average molecular weight is 308 g/mol. The highest BCUT2D eigenvalue weighted by Crippen LogP contribution is 2.26. The quantitative estimate of drug-likeness (QED) is 0.888. The number of aromatic nitrogens is 1. The Kier molecular flexibility index (Phi) is 4.74. The molecule has 1 atom stereocenters. The average Bonchev–Trinajstić information content (AvgIpc) is 3.25. The number of hydrogen-bond donors (Lipinski definition) is 2. The molecular formula is C18H20N4O. The van der Waals surface area contributed by atoms with Crippen LogP contribution in [0.1, 0.15) is 34.0 Å². The van der Waals surface area contributed by atoms with E-state index in [1.54, 1.807) is 12.3 Å². The van der Waals surface area contributed by atoms with Crippen molar-refractivity contribution in [3.63, 3.8) is 0 Å². The number of carbonyl (C=O) groups is 1. The van der Waals surface area contributed by atoms with E-state index in [-0.39, 0.29) is 5.91 Å². The first-order chi connectivity index (χ1) is 11.3. The molecule has 1 unspecified atom stereocenters. The van der Waals surface area contributed by atoms with Crippen molar-refractivity contribution in [3.05, 3.63) is 59.4 Å². The lowest BCUT2D eigenvalue weighted by Crippen LogP contribution is -2.33. The second-order valence-electron chi connectivity index (χ2n) is 5.87. The maximum absolute atomic E-state index is 12.0. The smallest absolute Gasteiger partial charge is 0.267 e. The van der Waals surface area contributed by atoms with Gasteiger partial charge in [-0.05, 0) is 30.5 Å². The van der Waals surface area contributed by atoms with E-state index < -0.39 is 0 Å². The molecule has 23 heavy (non-hydrogen) atoms. The Morgan fingerprint density at radius 1 is 1.39 bits per heavy atom. The van der Waals surface area contributed by atoms with Crippen LogP contribution in [0.5, 0.6) is 0 Å². The fraction of sp³-hybridized carbons (Fsp3) is 0.333. The molecule has 1 aliphatic heterocycles. The van der Waals surface area contributed by atoms with Gasteiger partial charge in [0, 0.05) is 25.8 Å². The van der Waals surface area contributed by atoms with Crippen LogP contribution in [0, 0.1) is 11.3 Å². The van der Waals surface area contributed by atoms with Gasteiger partial charge in [0.05, 0.1) is 5.56 Å². The summed E-state index contributed by atoms with van der Waals surface area (Å²) in [7, 11) is 0. The number of benzene rings is 1. The van der Waals surface area contributed by atoms with Crippen molar-refractivity contribution in [3.8, 4) is 6.07 Å². The first-order valence-electron chi connectivity index (χ1n) is 7.90. The van der Waals surface area contributed by atoms with Gasteiger partial charge in [0.1, 0.15) is 11.8 Å². The third-order valence-electron chi connectivity index (χ3n) is 4.31. The normalized spacial score (nSPS) is 17.8. The second-order valence-corrected chi connectivity index (χ2v) is 5.87. The van der Waals surface area contributed by atoms with Gasteiger partial charge in [-0.2, -0.15) is 5.26 Å². The molecule has 2 heterocycles. The third-order valence-corrected chi connectivity index (χ3v) is 4.31. The van der Waals surface area contributed by atoms with Crippen LogP contribution in [-0.4, -0.2) is 42.0 Å². The maximum atomic E-state index is 12.0. The number of nitrogens with zero attached hydrogens (tertiary/aromatic N) is 2. The molecule has 2 N–H and O–H groups in total. The predicted octanol–water partition coefficient (Wildman–Crippen LogP) is 2.11. The number of nitriles is 1. The van der Waals surface area contributed by atoms with Crippen LogP contribution in [0.3, 0.4) is 0 Å². The highest BCUT2D eigenvalue weighted by atomic mass is 16.1. The molecule has 3 rings (SSSR count). The monoisotopic (exact) mass is 308 g/mol. The molecule has 118 valence electrons. The van der Waals surface area contributed by atoms with E-state index >= 15 is 0 Å². The van der Waals surface area contributed by atoms with Crippen molar-refractivity contribution in [2.24, 2.45) is 0 Å². The van der Waals surface area contributed by atoms with Gasteiger partial charge in [0.15, 0.2) is 0 Å². The lowest BCUT2D eigenvalue weighted by atomic mass is 9.99. The Hall–Kier alpha value is -2.58. The summed E-state index contributed by atoms with van der Waals surface area (Å²) in [6.45, 7) is 3.57. The Labute approximate surface area is 135 Å². The standard InChI is InChI=1S/C18H20N4O/c19-11-14-10-17(21-12-14)18(23)20-7-9-22-8-6-16(13-22)15-4-2-1-3-5-15/h1-5,10,12,16,21H,6-9,13H2,(H,20,23). The largest absolute Gasteiger partial charge is 0.356 e. The minimum Gasteiger partial charge on any atom is -0.356 e. The fourth-order valence-corrected chi connectivity index (χ4v) is 3.05. The summed E-state index contributed by atoms with van der Waals surface area (Å²) in [5.41, 5.74) is 2.31. The second kappa shape index (κ2) is 7.12. The van der Waals surface area contributed by atoms with Crippen LogP contribution in [-0.2, 0) is 0 Å². The molecular weight excluding hydrogens is 288 g/mol. The van der Waals surface area contributed by atoms with E-state index in [9.17, 15) is 4.79 Å². The van der Waals surface area contributed by atoms with Crippen molar-refractivity contribution < 1.29 is 4.79 Å². The van der Waals surface area contributed by atoms with Crippen molar-refractivity contribution in [1.82, 2.24) is 15.2 Å². The lowest BCUT2D eigenvalue weighted by molar-refractivity contribution is 0.0945. The molecule has 0 radical (unpaired) electrons. The lowest BCUT2D eigenvalue weighted by Gasteiger charge is -2.16. The Bertz CT molecular complexity index is 701. The van der Waals surface area contributed by atoms with Crippen LogP contribution in [0.25, 0.3) is 0 Å². The van der Waals surface area contributed by atoms with E-state index in [1.165, 1.54) is 12.0 Å². The minimum atomic E-state index is -0.162. The van der Waals surface area contributed by atoms with E-state index in [2.05, 4.69) is 39.5 Å². The zero-order chi connectivity index (χ0) is 16.1. The molecule has 0 saturated carbocycles. The molecule has 5 heteroatoms. The van der Waals surface area contributed by atoms with Gasteiger partial charge in [-0.25, -0.2) is 0 Å². The summed E-state index contributed by atoms with van der Waals surface area (Å²) in [6.07, 6.45) is 2.71. The van der Waals surface area contributed by atoms with Gasteiger partial charge in [-0.1, -0.05) is 30.3 Å². The molecule has 0 aliphatic carbocycles. The molecule has 0 bridgehead atoms. The van der Waals surface area contributed by atoms with E-state index in [1.807, 2.05) is 12.1 Å². The van der Waals surface area contributed by atoms with Crippen LogP contribution < -0.4 is 5.32 Å². The summed E-state index contributed by atoms with van der Waals surface area (Å²) in [4.78, 5) is 17.2. The van der Waals surface area contributed by atoms with Gasteiger partial charge in [0.2, 0.25) is 0 Å². The van der Waals surface area contributed by atoms with Gasteiger partial charge in [-0.3, -0.25) is 4.79 Å². The van der Waals surface area contributed by atoms with Crippen molar-refractivity contribution >= 4 is 5.91 Å². The van der Waals surface area contributed by atoms with E-state index in [0.29, 0.717) is 23.7 Å². The topological polar surface area (TPSA) is 71.9 Å². The summed E-state index contributed by atoms with van der Waals surface area (Å²) in [5.74, 6) is 0.429. The molecule has 1 aliphatic rings. The summed E-state index contributed by atoms with van der Waals surface area (Å²) >= 11 is 0.